The quantitative estimate of drug-likeness (QED) is 0.486. The zero-order chi connectivity index (χ0) is 19.8. The van der Waals surface area contributed by atoms with Gasteiger partial charge in [0.1, 0.15) is 17.1 Å². The van der Waals surface area contributed by atoms with Crippen molar-refractivity contribution in [2.75, 3.05) is 12.4 Å². The van der Waals surface area contributed by atoms with Crippen molar-refractivity contribution in [1.82, 2.24) is 19.8 Å². The van der Waals surface area contributed by atoms with E-state index < -0.39 is 0 Å². The van der Waals surface area contributed by atoms with Gasteiger partial charge in [0.15, 0.2) is 0 Å². The lowest BCUT2D eigenvalue weighted by Gasteiger charge is -2.12. The van der Waals surface area contributed by atoms with E-state index in [2.05, 4.69) is 20.6 Å². The van der Waals surface area contributed by atoms with Gasteiger partial charge in [-0.05, 0) is 35.0 Å². The smallest absolute Gasteiger partial charge is 0.256 e. The van der Waals surface area contributed by atoms with Crippen molar-refractivity contribution in [1.29, 1.82) is 0 Å². The molecule has 1 N–H and O–H groups in total. The maximum Gasteiger partial charge on any atom is 0.256 e. The van der Waals surface area contributed by atoms with Gasteiger partial charge in [-0.25, -0.2) is 0 Å². The third-order valence-corrected chi connectivity index (χ3v) is 5.58. The first-order valence-electron chi connectivity index (χ1n) is 8.87. The van der Waals surface area contributed by atoms with Gasteiger partial charge in [-0.3, -0.25) is 4.79 Å². The Hall–Kier alpha value is -3.78. The predicted molar refractivity (Wildman–Crippen MR) is 113 cm³/mol. The van der Waals surface area contributed by atoms with Crippen LogP contribution < -0.4 is 10.1 Å². The molecule has 0 saturated carbocycles. The summed E-state index contributed by atoms with van der Waals surface area (Å²) in [6.07, 6.45) is 1.56. The van der Waals surface area contributed by atoms with Crippen molar-refractivity contribution in [3.63, 3.8) is 0 Å². The Morgan fingerprint density at radius 3 is 2.83 bits per heavy atom. The highest BCUT2D eigenvalue weighted by molar-refractivity contribution is 7.19. The molecule has 3 aromatic carbocycles. The van der Waals surface area contributed by atoms with Crippen LogP contribution in [0.1, 0.15) is 10.4 Å². The van der Waals surface area contributed by atoms with Crippen molar-refractivity contribution in [2.45, 2.75) is 0 Å². The van der Waals surface area contributed by atoms with Gasteiger partial charge in [-0.15, -0.1) is 10.2 Å². The van der Waals surface area contributed by atoms with Crippen LogP contribution in [-0.4, -0.2) is 32.8 Å². The Labute approximate surface area is 169 Å². The molecule has 0 aliphatic heterocycles. The van der Waals surface area contributed by atoms with E-state index in [1.165, 1.54) is 11.3 Å². The number of hydrogen-bond acceptors (Lipinski definition) is 6. The Morgan fingerprint density at radius 1 is 1.10 bits per heavy atom. The monoisotopic (exact) mass is 401 g/mol. The molecule has 29 heavy (non-hydrogen) atoms. The first-order valence-corrected chi connectivity index (χ1v) is 9.69. The molecule has 0 atom stereocenters. The van der Waals surface area contributed by atoms with E-state index >= 15 is 0 Å². The lowest BCUT2D eigenvalue weighted by Crippen LogP contribution is -2.13. The van der Waals surface area contributed by atoms with Crippen LogP contribution in [0.5, 0.6) is 5.75 Å². The minimum Gasteiger partial charge on any atom is -0.495 e. The van der Waals surface area contributed by atoms with Gasteiger partial charge in [-0.1, -0.05) is 47.7 Å². The zero-order valence-corrected chi connectivity index (χ0v) is 16.2. The summed E-state index contributed by atoms with van der Waals surface area (Å²) in [5, 5.41) is 18.0. The molecule has 0 saturated heterocycles. The maximum atomic E-state index is 13.0. The van der Waals surface area contributed by atoms with Gasteiger partial charge in [0.05, 0.1) is 12.8 Å². The van der Waals surface area contributed by atoms with Crippen molar-refractivity contribution < 1.29 is 9.53 Å². The highest BCUT2D eigenvalue weighted by Crippen LogP contribution is 2.33. The van der Waals surface area contributed by atoms with Crippen molar-refractivity contribution in [2.24, 2.45) is 0 Å². The normalized spacial score (nSPS) is 11.1. The summed E-state index contributed by atoms with van der Waals surface area (Å²) < 4.78 is 7.07. The summed E-state index contributed by atoms with van der Waals surface area (Å²) in [7, 11) is 1.58. The van der Waals surface area contributed by atoms with E-state index in [1.807, 2.05) is 60.7 Å². The van der Waals surface area contributed by atoms with Gasteiger partial charge >= 0.3 is 0 Å². The van der Waals surface area contributed by atoms with Crippen LogP contribution >= 0.6 is 11.3 Å². The Balaban J connectivity index is 1.52. The van der Waals surface area contributed by atoms with Crippen molar-refractivity contribution in [3.8, 4) is 16.3 Å². The summed E-state index contributed by atoms with van der Waals surface area (Å²) in [4.78, 5) is 13.7. The summed E-state index contributed by atoms with van der Waals surface area (Å²) >= 11 is 1.42. The van der Waals surface area contributed by atoms with Gasteiger partial charge in [-0.2, -0.15) is 9.61 Å². The third kappa shape index (κ3) is 3.09. The second-order valence-corrected chi connectivity index (χ2v) is 7.32. The average Bonchev–Trinajstić information content (AvgIpc) is 3.35. The lowest BCUT2D eigenvalue weighted by atomic mass is 10.0. The fourth-order valence-corrected chi connectivity index (χ4v) is 4.04. The van der Waals surface area contributed by atoms with E-state index in [1.54, 1.807) is 18.0 Å². The molecule has 0 aliphatic rings. The summed E-state index contributed by atoms with van der Waals surface area (Å²) in [5.41, 5.74) is 2.04. The Morgan fingerprint density at radius 2 is 1.97 bits per heavy atom. The SMILES string of the molecule is COc1ccc(-c2nn3cnnc3s2)cc1NC(=O)c1cccc2ccccc12. The van der Waals surface area contributed by atoms with Crippen LogP contribution in [0.4, 0.5) is 5.69 Å². The number of amides is 1. The largest absolute Gasteiger partial charge is 0.495 e. The number of rotatable bonds is 4. The van der Waals surface area contributed by atoms with E-state index in [0.717, 1.165) is 21.3 Å². The van der Waals surface area contributed by atoms with Gasteiger partial charge in [0, 0.05) is 11.1 Å². The molecule has 0 bridgehead atoms. The molecule has 2 aromatic heterocycles. The molecule has 142 valence electrons. The molecule has 5 aromatic rings. The molecular weight excluding hydrogens is 386 g/mol. The highest BCUT2D eigenvalue weighted by Gasteiger charge is 2.15. The van der Waals surface area contributed by atoms with E-state index in [4.69, 9.17) is 4.74 Å². The molecule has 0 radical (unpaired) electrons. The number of ether oxygens (including phenoxy) is 1. The van der Waals surface area contributed by atoms with E-state index in [0.29, 0.717) is 22.0 Å². The number of methoxy groups -OCH3 is 1. The molecule has 5 rings (SSSR count). The number of hydrogen-bond donors (Lipinski definition) is 1. The van der Waals surface area contributed by atoms with Crippen LogP contribution in [0.2, 0.25) is 0 Å². The first-order chi connectivity index (χ1) is 14.2. The Bertz CT molecular complexity index is 1320. The van der Waals surface area contributed by atoms with Crippen LogP contribution in [0.25, 0.3) is 26.3 Å². The number of fused-ring (bicyclic) bond motifs is 2. The number of carbonyl (C=O) groups excluding carboxylic acids is 1. The van der Waals surface area contributed by atoms with Crippen LogP contribution in [0.15, 0.2) is 67.0 Å². The molecule has 0 fully saturated rings. The van der Waals surface area contributed by atoms with Crippen LogP contribution in [-0.2, 0) is 0 Å². The van der Waals surface area contributed by atoms with Crippen molar-refractivity contribution >= 4 is 38.7 Å². The summed E-state index contributed by atoms with van der Waals surface area (Å²) in [5.74, 6) is 0.376. The standard InChI is InChI=1S/C21H15N5O2S/c1-28-18-10-9-14(20-25-26-12-22-24-21(26)29-20)11-17(18)23-19(27)16-8-4-6-13-5-2-3-7-15(13)16/h2-12H,1H3,(H,23,27). The molecule has 1 amide bonds. The molecule has 2 heterocycles. The molecule has 0 unspecified atom stereocenters. The first kappa shape index (κ1) is 17.3. The number of benzene rings is 3. The van der Waals surface area contributed by atoms with Crippen LogP contribution in [0.3, 0.4) is 0 Å². The molecule has 7 nitrogen and oxygen atoms in total. The van der Waals surface area contributed by atoms with E-state index in [9.17, 15) is 4.79 Å². The second kappa shape index (κ2) is 6.99. The molecule has 0 aliphatic carbocycles. The number of nitrogens with one attached hydrogen (secondary N) is 1. The zero-order valence-electron chi connectivity index (χ0n) is 15.4. The highest BCUT2D eigenvalue weighted by atomic mass is 32.1. The Kier molecular flexibility index (Phi) is 4.18. The maximum absolute atomic E-state index is 13.0. The van der Waals surface area contributed by atoms with Gasteiger partial charge in [0.2, 0.25) is 4.96 Å². The molecular formula is C21H15N5O2S. The van der Waals surface area contributed by atoms with E-state index in [-0.39, 0.29) is 5.91 Å². The number of aromatic nitrogens is 4. The predicted octanol–water partition coefficient (Wildman–Crippen LogP) is 4.27. The van der Waals surface area contributed by atoms with Gasteiger partial charge < -0.3 is 10.1 Å². The average molecular weight is 401 g/mol. The fraction of sp³-hybridized carbons (Fsp3) is 0.0476. The topological polar surface area (TPSA) is 81.4 Å². The third-order valence-electron chi connectivity index (χ3n) is 4.62. The summed E-state index contributed by atoms with van der Waals surface area (Å²) in [6.45, 7) is 0. The molecule has 0 spiro atoms. The molecule has 8 heteroatoms. The summed E-state index contributed by atoms with van der Waals surface area (Å²) in [6, 6.07) is 19.1. The van der Waals surface area contributed by atoms with Gasteiger partial charge in [0.25, 0.3) is 5.91 Å². The number of nitrogens with zero attached hydrogens (tertiary/aromatic N) is 4. The lowest BCUT2D eigenvalue weighted by molar-refractivity contribution is 0.102. The second-order valence-electron chi connectivity index (χ2n) is 6.36. The van der Waals surface area contributed by atoms with Crippen LogP contribution in [0, 0.1) is 0 Å². The fourth-order valence-electron chi connectivity index (χ4n) is 3.23. The van der Waals surface area contributed by atoms with Crippen molar-refractivity contribution in [3.05, 3.63) is 72.6 Å². The number of anilines is 1. The minimum atomic E-state index is -0.199. The minimum absolute atomic E-state index is 0.199. The number of carbonyl (C=O) groups is 1.